The molecule has 14 N–H and O–H groups in total. The van der Waals surface area contributed by atoms with Gasteiger partial charge in [-0.25, -0.2) is 0 Å². The van der Waals surface area contributed by atoms with Gasteiger partial charge in [-0.3, -0.25) is 0 Å². The molecule has 34 atom stereocenters. The summed E-state index contributed by atoms with van der Waals surface area (Å²) >= 11 is 0. The molecule has 0 radical (unpaired) electrons. The number of aliphatic hydroxyl groups excluding tert-OH is 14. The van der Waals surface area contributed by atoms with Crippen LogP contribution in [-0.2, 0) is 52.1 Å². The van der Waals surface area contributed by atoms with E-state index in [-0.39, 0.29) is 37.1 Å². The fraction of sp³-hybridized carbons (Fsp3) is 1.00. The third kappa shape index (κ3) is 9.75. The molecular formula is C57H94O25. The van der Waals surface area contributed by atoms with Crippen molar-refractivity contribution in [2.75, 3.05) is 19.8 Å². The molecule has 11 aliphatic rings. The predicted octanol–water partition coefficient (Wildman–Crippen LogP) is -2.47. The second-order valence-electron chi connectivity index (χ2n) is 28.5. The van der Waals surface area contributed by atoms with E-state index in [1.165, 1.54) is 0 Å². The van der Waals surface area contributed by atoms with Crippen LogP contribution >= 0.6 is 0 Å². The van der Waals surface area contributed by atoms with Gasteiger partial charge < -0.3 is 124 Å². The molecule has 5 saturated carbocycles. The minimum atomic E-state index is -1.71. The van der Waals surface area contributed by atoms with Crippen molar-refractivity contribution in [3.63, 3.8) is 0 Å². The monoisotopic (exact) mass is 1180 g/mol. The van der Waals surface area contributed by atoms with Gasteiger partial charge in [0.05, 0.1) is 67.6 Å². The van der Waals surface area contributed by atoms with Gasteiger partial charge >= 0.3 is 0 Å². The summed E-state index contributed by atoms with van der Waals surface area (Å²) in [6.07, 6.45) is -28.3. The average molecular weight is 1180 g/mol. The lowest BCUT2D eigenvalue weighted by atomic mass is 9.41. The summed E-state index contributed by atoms with van der Waals surface area (Å²) in [5.41, 5.74) is -4.72. The molecule has 6 aliphatic heterocycles. The van der Waals surface area contributed by atoms with Crippen molar-refractivity contribution in [3.05, 3.63) is 0 Å². The second kappa shape index (κ2) is 21.9. The topological polar surface area (TPSA) is 385 Å². The Morgan fingerprint density at radius 3 is 1.60 bits per heavy atom. The van der Waals surface area contributed by atoms with Gasteiger partial charge in [0.25, 0.3) is 0 Å². The van der Waals surface area contributed by atoms with Gasteiger partial charge in [-0.15, -0.1) is 0 Å². The van der Waals surface area contributed by atoms with Crippen LogP contribution < -0.4 is 0 Å². The summed E-state index contributed by atoms with van der Waals surface area (Å²) < 4.78 is 70.7. The Morgan fingerprint density at radius 1 is 0.463 bits per heavy atom. The van der Waals surface area contributed by atoms with Crippen LogP contribution in [0.5, 0.6) is 0 Å². The van der Waals surface area contributed by atoms with E-state index in [2.05, 4.69) is 34.6 Å². The van der Waals surface area contributed by atoms with Gasteiger partial charge in [0, 0.05) is 5.92 Å². The highest BCUT2D eigenvalue weighted by Crippen LogP contribution is 2.89. The molecule has 2 spiro atoms. The molecular weight excluding hydrogens is 1080 g/mol. The maximum absolute atomic E-state index is 11.6. The Bertz CT molecular complexity index is 2270. The molecule has 6 heterocycles. The van der Waals surface area contributed by atoms with Crippen molar-refractivity contribution in [2.24, 2.45) is 44.8 Å². The van der Waals surface area contributed by atoms with Gasteiger partial charge in [0.2, 0.25) is 0 Å². The van der Waals surface area contributed by atoms with E-state index in [0.717, 1.165) is 12.8 Å². The normalized spacial score (nSPS) is 58.5. The number of hydrogen-bond acceptors (Lipinski definition) is 25. The zero-order valence-corrected chi connectivity index (χ0v) is 48.5. The van der Waals surface area contributed by atoms with E-state index in [1.54, 1.807) is 13.8 Å². The first-order valence-corrected chi connectivity index (χ1v) is 29.9. The smallest absolute Gasteiger partial charge is 0.187 e. The standard InChI is InChI=1S/C57H94O25/c1-22-32(61)37(66)41(70)48(75-22)78-28-17-54(8)29-16-27(77-46-39(68)34(63)24(58)18-72-46)44-51(3,4)30(79-50-43(36(65)26(60)20-74-50)80-47-40(69)35(64)25(59)19-73-47)11-13-57(44)21-56(29,57)15-14-53(54,7)45(28)55(9)12-10-31(81-55)52(5,6)82-49-42(71)38(67)33(62)23(2)76-49/h22-50,58-71H,10-21H2,1-9H3/t22-,23-,24+,25-,26+,27-,28-,29-,30-,31-,32-,33-,34-,35-,36-,37+,38+,39+,40+,41+,42+,43+,44-,45-,46-,47-,48-,49-,50-,53+,54-,55+,56-,57+/m0/s1. The number of aliphatic hydroxyl groups is 14. The highest BCUT2D eigenvalue weighted by atomic mass is 16.8. The number of rotatable bonds is 12. The Hall–Kier alpha value is -1.00. The first kappa shape index (κ1) is 62.6. The van der Waals surface area contributed by atoms with Crippen LogP contribution in [-0.4, -0.2) is 262 Å². The predicted molar refractivity (Wildman–Crippen MR) is 277 cm³/mol. The summed E-state index contributed by atoms with van der Waals surface area (Å²) in [7, 11) is 0. The Balaban J connectivity index is 0.925. The number of fused-ring (bicyclic) bond motifs is 2. The molecule has 5 aliphatic carbocycles. The van der Waals surface area contributed by atoms with Crippen molar-refractivity contribution in [1.82, 2.24) is 0 Å². The van der Waals surface area contributed by atoms with E-state index in [9.17, 15) is 71.5 Å². The molecule has 0 unspecified atom stereocenters. The van der Waals surface area contributed by atoms with Crippen LogP contribution in [0.2, 0.25) is 0 Å². The van der Waals surface area contributed by atoms with E-state index in [4.69, 9.17) is 52.1 Å². The van der Waals surface area contributed by atoms with Crippen LogP contribution in [0.4, 0.5) is 0 Å². The largest absolute Gasteiger partial charge is 0.388 e. The van der Waals surface area contributed by atoms with Crippen LogP contribution in [0.3, 0.4) is 0 Å². The van der Waals surface area contributed by atoms with Crippen LogP contribution in [0, 0.1) is 44.8 Å². The lowest BCUT2D eigenvalue weighted by Crippen LogP contribution is -2.65. The zero-order chi connectivity index (χ0) is 59.5. The molecule has 472 valence electrons. The fourth-order valence-electron chi connectivity index (χ4n) is 18.6. The lowest BCUT2D eigenvalue weighted by Gasteiger charge is -2.65. The maximum Gasteiger partial charge on any atom is 0.187 e. The fourth-order valence-corrected chi connectivity index (χ4v) is 18.6. The van der Waals surface area contributed by atoms with Crippen molar-refractivity contribution < 1.29 is 124 Å². The molecule has 6 saturated heterocycles. The second-order valence-corrected chi connectivity index (χ2v) is 28.5. The minimum Gasteiger partial charge on any atom is -0.388 e. The quantitative estimate of drug-likeness (QED) is 0.0901. The lowest BCUT2D eigenvalue weighted by molar-refractivity contribution is -0.359. The molecule has 0 aromatic rings. The first-order chi connectivity index (χ1) is 38.3. The molecule has 25 nitrogen and oxygen atoms in total. The summed E-state index contributed by atoms with van der Waals surface area (Å²) in [5, 5.41) is 152. The summed E-state index contributed by atoms with van der Waals surface area (Å²) in [6.45, 7) is 16.7. The molecule has 25 heteroatoms. The third-order valence-electron chi connectivity index (χ3n) is 23.3. The highest BCUT2D eigenvalue weighted by molar-refractivity contribution is 5.33. The average Bonchev–Trinajstić information content (AvgIpc) is 1.54. The molecule has 0 amide bonds. The summed E-state index contributed by atoms with van der Waals surface area (Å²) in [6, 6.07) is 0. The number of hydrogen-bond donors (Lipinski definition) is 14. The van der Waals surface area contributed by atoms with E-state index in [0.29, 0.717) is 44.9 Å². The summed E-state index contributed by atoms with van der Waals surface area (Å²) in [4.78, 5) is 0. The highest BCUT2D eigenvalue weighted by Gasteiger charge is 2.86. The first-order valence-electron chi connectivity index (χ1n) is 29.9. The molecule has 0 aromatic heterocycles. The zero-order valence-electron chi connectivity index (χ0n) is 48.5. The molecule has 11 rings (SSSR count). The third-order valence-corrected chi connectivity index (χ3v) is 23.3. The Morgan fingerprint density at radius 2 is 0.988 bits per heavy atom. The van der Waals surface area contributed by atoms with Gasteiger partial charge in [-0.05, 0) is 131 Å². The molecule has 11 fully saturated rings. The van der Waals surface area contributed by atoms with Gasteiger partial charge in [0.1, 0.15) is 91.6 Å². The van der Waals surface area contributed by atoms with E-state index >= 15 is 0 Å². The molecule has 0 bridgehead atoms. The van der Waals surface area contributed by atoms with E-state index < -0.39 is 198 Å². The van der Waals surface area contributed by atoms with Crippen molar-refractivity contribution in [1.29, 1.82) is 0 Å². The van der Waals surface area contributed by atoms with Crippen molar-refractivity contribution in [2.45, 2.75) is 291 Å². The Kier molecular flexibility index (Phi) is 16.7. The molecule has 0 aromatic carbocycles. The van der Waals surface area contributed by atoms with Gasteiger partial charge in [-0.1, -0.05) is 27.7 Å². The maximum atomic E-state index is 11.6. The summed E-state index contributed by atoms with van der Waals surface area (Å²) in [5.74, 6) is -0.832. The van der Waals surface area contributed by atoms with E-state index in [1.807, 2.05) is 13.8 Å². The van der Waals surface area contributed by atoms with Gasteiger partial charge in [-0.2, -0.15) is 0 Å². The van der Waals surface area contributed by atoms with Gasteiger partial charge in [0.15, 0.2) is 31.5 Å². The minimum absolute atomic E-state index is 0.106. The molecule has 82 heavy (non-hydrogen) atoms. The Labute approximate surface area is 477 Å². The number of ether oxygens (including phenoxy) is 11. The van der Waals surface area contributed by atoms with Crippen LogP contribution in [0.25, 0.3) is 0 Å². The SMILES string of the molecule is C[C@@H]1O[C@@H](O[C@H]2C[C@@]3(C)[C@@H]4C[C@H](O[C@@H]5OC[C@@H](O)[C@H](O)[C@H]5O)[C@H]5C(C)(C)[C@@H](O[C@@H]6OC[C@@H](O)[C@H](O)[C@H]6O[C@@H]6OC[C@H](O)[C@H](O)[C@H]6O)CC[C@@]56C[C@@]46CC[C@]3(C)[C@H]2[C@@]2(C)CC[C@@H](C(C)(C)O[C@@H]3O[C@@H](C)[C@H](O)[C@@H](O)[C@H]3O)O2)[C@H](O)[C@H](O)[C@H]1O. The van der Waals surface area contributed by atoms with Crippen LogP contribution in [0.1, 0.15) is 120 Å². The van der Waals surface area contributed by atoms with Crippen molar-refractivity contribution >= 4 is 0 Å². The van der Waals surface area contributed by atoms with Crippen molar-refractivity contribution in [3.8, 4) is 0 Å². The van der Waals surface area contributed by atoms with Crippen LogP contribution in [0.15, 0.2) is 0 Å².